The number of ether oxygens (including phenoxy) is 3. The third-order valence-electron chi connectivity index (χ3n) is 6.62. The van der Waals surface area contributed by atoms with E-state index in [0.717, 1.165) is 49.4 Å². The molecule has 3 aliphatic heterocycles. The molecule has 2 atom stereocenters. The predicted molar refractivity (Wildman–Crippen MR) is 112 cm³/mol. The van der Waals surface area contributed by atoms with Crippen LogP contribution in [0.25, 0.3) is 0 Å². The second-order valence-electron chi connectivity index (χ2n) is 8.57. The van der Waals surface area contributed by atoms with Crippen molar-refractivity contribution in [3.8, 4) is 17.2 Å². The normalized spacial score (nSPS) is 23.0. The Morgan fingerprint density at radius 2 is 1.94 bits per heavy atom. The lowest BCUT2D eigenvalue weighted by molar-refractivity contribution is -0.142. The van der Waals surface area contributed by atoms with Crippen LogP contribution in [0.2, 0.25) is 0 Å². The summed E-state index contributed by atoms with van der Waals surface area (Å²) >= 11 is 0. The summed E-state index contributed by atoms with van der Waals surface area (Å²) in [4.78, 5) is 17.1. The van der Waals surface area contributed by atoms with Gasteiger partial charge in [-0.2, -0.15) is 0 Å². The van der Waals surface area contributed by atoms with Crippen LogP contribution in [0.15, 0.2) is 36.4 Å². The van der Waals surface area contributed by atoms with Gasteiger partial charge in [0.15, 0.2) is 11.5 Å². The fourth-order valence-electron chi connectivity index (χ4n) is 5.10. The number of methoxy groups -OCH3 is 1. The summed E-state index contributed by atoms with van der Waals surface area (Å²) in [5.41, 5.74) is 2.11. The minimum Gasteiger partial charge on any atom is -0.493 e. The molecule has 2 saturated heterocycles. The number of rotatable bonds is 5. The Labute approximate surface area is 181 Å². The Morgan fingerprint density at radius 1 is 1.10 bits per heavy atom. The van der Waals surface area contributed by atoms with E-state index in [-0.39, 0.29) is 24.6 Å². The standard InChI is InChI=1S/C24H27FN2O4/c1-29-21-10-17(11-22-24(21)31-15-30-22)12-26-9-8-20-18(14-26)4-7-23(28)27(20)13-16-2-5-19(25)6-3-16/h2-3,5-6,10-11,18,20H,4,7-9,12-15H2,1H3/t18-,20+/m1/s1. The zero-order chi connectivity index (χ0) is 21.4. The van der Waals surface area contributed by atoms with Crippen molar-refractivity contribution < 1.29 is 23.4 Å². The molecular weight excluding hydrogens is 399 g/mol. The van der Waals surface area contributed by atoms with Gasteiger partial charge in [-0.25, -0.2) is 4.39 Å². The Kier molecular flexibility index (Phi) is 5.44. The molecule has 2 aromatic rings. The highest BCUT2D eigenvalue weighted by Crippen LogP contribution is 2.42. The van der Waals surface area contributed by atoms with Crippen LogP contribution in [0.4, 0.5) is 4.39 Å². The molecule has 0 N–H and O–H groups in total. The van der Waals surface area contributed by atoms with Crippen LogP contribution in [0.5, 0.6) is 17.2 Å². The van der Waals surface area contributed by atoms with E-state index in [0.29, 0.717) is 30.4 Å². The summed E-state index contributed by atoms with van der Waals surface area (Å²) in [5.74, 6) is 2.51. The van der Waals surface area contributed by atoms with Gasteiger partial charge in [0, 0.05) is 38.6 Å². The molecule has 0 bridgehead atoms. The summed E-state index contributed by atoms with van der Waals surface area (Å²) in [6, 6.07) is 10.8. The smallest absolute Gasteiger partial charge is 0.231 e. The number of carbonyl (C=O) groups excluding carboxylic acids is 1. The van der Waals surface area contributed by atoms with Gasteiger partial charge in [-0.1, -0.05) is 12.1 Å². The molecule has 0 aromatic heterocycles. The Hall–Kier alpha value is -2.80. The topological polar surface area (TPSA) is 51.2 Å². The highest BCUT2D eigenvalue weighted by Gasteiger charge is 2.39. The Bertz CT molecular complexity index is 965. The van der Waals surface area contributed by atoms with Crippen LogP contribution in [0.3, 0.4) is 0 Å². The largest absolute Gasteiger partial charge is 0.493 e. The molecule has 2 fully saturated rings. The number of amides is 1. The van der Waals surface area contributed by atoms with E-state index in [4.69, 9.17) is 14.2 Å². The SMILES string of the molecule is COc1cc(CN2CC[C@H]3[C@H](CCC(=O)N3Cc3ccc(F)cc3)C2)cc2c1OCO2. The lowest BCUT2D eigenvalue weighted by Gasteiger charge is -2.47. The number of nitrogens with zero attached hydrogens (tertiary/aromatic N) is 2. The Balaban J connectivity index is 1.27. The van der Waals surface area contributed by atoms with E-state index in [2.05, 4.69) is 4.90 Å². The number of hydrogen-bond donors (Lipinski definition) is 0. The number of likely N-dealkylation sites (tertiary alicyclic amines) is 2. The first-order valence-corrected chi connectivity index (χ1v) is 10.8. The number of benzene rings is 2. The van der Waals surface area contributed by atoms with Gasteiger partial charge < -0.3 is 19.1 Å². The molecule has 164 valence electrons. The van der Waals surface area contributed by atoms with E-state index in [1.165, 1.54) is 12.1 Å². The minimum atomic E-state index is -0.250. The molecule has 0 saturated carbocycles. The molecule has 0 aliphatic carbocycles. The van der Waals surface area contributed by atoms with E-state index in [1.807, 2.05) is 17.0 Å². The lowest BCUT2D eigenvalue weighted by atomic mass is 9.83. The molecule has 3 heterocycles. The average molecular weight is 426 g/mol. The molecule has 6 nitrogen and oxygen atoms in total. The van der Waals surface area contributed by atoms with Gasteiger partial charge in [-0.05, 0) is 54.2 Å². The first-order chi connectivity index (χ1) is 15.1. The van der Waals surface area contributed by atoms with Crippen LogP contribution in [0.1, 0.15) is 30.4 Å². The van der Waals surface area contributed by atoms with Gasteiger partial charge in [-0.15, -0.1) is 0 Å². The van der Waals surface area contributed by atoms with Gasteiger partial charge in [-0.3, -0.25) is 9.69 Å². The van der Waals surface area contributed by atoms with E-state index in [9.17, 15) is 9.18 Å². The van der Waals surface area contributed by atoms with Crippen LogP contribution < -0.4 is 14.2 Å². The van der Waals surface area contributed by atoms with Crippen LogP contribution in [0, 0.1) is 11.7 Å². The van der Waals surface area contributed by atoms with Crippen LogP contribution >= 0.6 is 0 Å². The molecule has 0 radical (unpaired) electrons. The fraction of sp³-hybridized carbons (Fsp3) is 0.458. The van der Waals surface area contributed by atoms with Gasteiger partial charge >= 0.3 is 0 Å². The summed E-state index contributed by atoms with van der Waals surface area (Å²) in [7, 11) is 1.64. The fourth-order valence-corrected chi connectivity index (χ4v) is 5.10. The van der Waals surface area contributed by atoms with E-state index >= 15 is 0 Å². The molecule has 7 heteroatoms. The summed E-state index contributed by atoms with van der Waals surface area (Å²) < 4.78 is 29.8. The van der Waals surface area contributed by atoms with Gasteiger partial charge in [0.25, 0.3) is 0 Å². The predicted octanol–water partition coefficient (Wildman–Crippen LogP) is 3.58. The number of piperidine rings is 2. The van der Waals surface area contributed by atoms with E-state index in [1.54, 1.807) is 19.2 Å². The summed E-state index contributed by atoms with van der Waals surface area (Å²) in [5, 5.41) is 0. The minimum absolute atomic E-state index is 0.208. The van der Waals surface area contributed by atoms with Crippen LogP contribution in [-0.4, -0.2) is 48.7 Å². The number of halogens is 1. The third-order valence-corrected chi connectivity index (χ3v) is 6.62. The summed E-state index contributed by atoms with van der Waals surface area (Å²) in [6.07, 6.45) is 2.44. The molecular formula is C24H27FN2O4. The van der Waals surface area contributed by atoms with E-state index < -0.39 is 0 Å². The first-order valence-electron chi connectivity index (χ1n) is 10.8. The Morgan fingerprint density at radius 3 is 2.74 bits per heavy atom. The van der Waals surface area contributed by atoms with Crippen molar-refractivity contribution in [3.63, 3.8) is 0 Å². The average Bonchev–Trinajstić information content (AvgIpc) is 3.25. The van der Waals surface area contributed by atoms with Crippen molar-refractivity contribution in [2.24, 2.45) is 5.92 Å². The maximum Gasteiger partial charge on any atom is 0.231 e. The molecule has 31 heavy (non-hydrogen) atoms. The maximum absolute atomic E-state index is 13.2. The lowest BCUT2D eigenvalue weighted by Crippen LogP contribution is -2.55. The summed E-state index contributed by atoms with van der Waals surface area (Å²) in [6.45, 7) is 3.46. The number of hydrogen-bond acceptors (Lipinski definition) is 5. The molecule has 3 aliphatic rings. The molecule has 1 amide bonds. The van der Waals surface area contributed by atoms with Crippen molar-refractivity contribution in [2.45, 2.75) is 38.4 Å². The van der Waals surface area contributed by atoms with Crippen molar-refractivity contribution in [1.29, 1.82) is 0 Å². The highest BCUT2D eigenvalue weighted by molar-refractivity contribution is 5.77. The zero-order valence-electron chi connectivity index (χ0n) is 17.7. The monoisotopic (exact) mass is 426 g/mol. The van der Waals surface area contributed by atoms with Crippen LogP contribution in [-0.2, 0) is 17.9 Å². The van der Waals surface area contributed by atoms with Crippen molar-refractivity contribution >= 4 is 5.91 Å². The quantitative estimate of drug-likeness (QED) is 0.732. The molecule has 5 rings (SSSR count). The van der Waals surface area contributed by atoms with Crippen molar-refractivity contribution in [1.82, 2.24) is 9.80 Å². The second kappa shape index (κ2) is 8.38. The highest BCUT2D eigenvalue weighted by atomic mass is 19.1. The first kappa shape index (κ1) is 20.1. The van der Waals surface area contributed by atoms with Crippen molar-refractivity contribution in [2.75, 3.05) is 27.0 Å². The molecule has 0 unspecified atom stereocenters. The second-order valence-corrected chi connectivity index (χ2v) is 8.57. The van der Waals surface area contributed by atoms with Gasteiger partial charge in [0.2, 0.25) is 18.4 Å². The number of fused-ring (bicyclic) bond motifs is 2. The third kappa shape index (κ3) is 4.06. The zero-order valence-corrected chi connectivity index (χ0v) is 17.7. The van der Waals surface area contributed by atoms with Gasteiger partial charge in [0.1, 0.15) is 5.82 Å². The number of carbonyl (C=O) groups is 1. The van der Waals surface area contributed by atoms with Gasteiger partial charge in [0.05, 0.1) is 7.11 Å². The van der Waals surface area contributed by atoms with Crippen molar-refractivity contribution in [3.05, 3.63) is 53.3 Å². The molecule has 2 aromatic carbocycles. The molecule has 0 spiro atoms. The maximum atomic E-state index is 13.2.